The summed E-state index contributed by atoms with van der Waals surface area (Å²) in [5.74, 6) is -0.939. The van der Waals surface area contributed by atoms with Crippen molar-refractivity contribution in [3.63, 3.8) is 0 Å². The molecular formula is C12H10ClF4NS. The predicted molar refractivity (Wildman–Crippen MR) is 69.0 cm³/mol. The van der Waals surface area contributed by atoms with Crippen LogP contribution in [-0.2, 0) is 6.18 Å². The van der Waals surface area contributed by atoms with E-state index in [1.807, 2.05) is 0 Å². The molecule has 1 heterocycles. The largest absolute Gasteiger partial charge is 0.416 e. The van der Waals surface area contributed by atoms with E-state index in [0.29, 0.717) is 4.88 Å². The zero-order valence-corrected chi connectivity index (χ0v) is 11.1. The van der Waals surface area contributed by atoms with E-state index in [1.54, 1.807) is 17.5 Å². The molecule has 104 valence electrons. The molecular weight excluding hydrogens is 302 g/mol. The molecule has 0 amide bonds. The lowest BCUT2D eigenvalue weighted by Crippen LogP contribution is -2.19. The monoisotopic (exact) mass is 311 g/mol. The number of thiophene rings is 1. The van der Waals surface area contributed by atoms with Crippen LogP contribution in [0.4, 0.5) is 17.6 Å². The summed E-state index contributed by atoms with van der Waals surface area (Å²) in [7, 11) is 0. The van der Waals surface area contributed by atoms with Crippen molar-refractivity contribution < 1.29 is 17.6 Å². The molecule has 2 aromatic rings. The molecule has 0 unspecified atom stereocenters. The Hall–Kier alpha value is -1.11. The Morgan fingerprint density at radius 2 is 1.79 bits per heavy atom. The van der Waals surface area contributed by atoms with E-state index in [9.17, 15) is 17.6 Å². The van der Waals surface area contributed by atoms with Crippen LogP contribution in [0.3, 0.4) is 0 Å². The van der Waals surface area contributed by atoms with Gasteiger partial charge in [-0.3, -0.25) is 0 Å². The molecule has 19 heavy (non-hydrogen) atoms. The van der Waals surface area contributed by atoms with Gasteiger partial charge in [-0.25, -0.2) is 4.39 Å². The molecule has 1 nitrogen and oxygen atoms in total. The van der Waals surface area contributed by atoms with Gasteiger partial charge in [0.1, 0.15) is 5.82 Å². The highest BCUT2D eigenvalue weighted by atomic mass is 35.5. The topological polar surface area (TPSA) is 26.0 Å². The van der Waals surface area contributed by atoms with Gasteiger partial charge in [0.2, 0.25) is 0 Å². The van der Waals surface area contributed by atoms with E-state index < -0.39 is 29.2 Å². The fourth-order valence-corrected chi connectivity index (χ4v) is 2.45. The minimum atomic E-state index is -4.62. The van der Waals surface area contributed by atoms with Crippen LogP contribution in [-0.4, -0.2) is 0 Å². The van der Waals surface area contributed by atoms with Crippen molar-refractivity contribution in [2.24, 2.45) is 5.73 Å². The third kappa shape index (κ3) is 3.26. The third-order valence-corrected chi connectivity index (χ3v) is 3.47. The van der Waals surface area contributed by atoms with Crippen LogP contribution in [0.5, 0.6) is 0 Å². The van der Waals surface area contributed by atoms with Gasteiger partial charge in [0, 0.05) is 10.4 Å². The lowest BCUT2D eigenvalue weighted by Gasteiger charge is -2.18. The lowest BCUT2D eigenvalue weighted by molar-refractivity contribution is -0.138. The van der Waals surface area contributed by atoms with Gasteiger partial charge in [0.05, 0.1) is 11.6 Å². The van der Waals surface area contributed by atoms with Crippen molar-refractivity contribution in [2.45, 2.75) is 12.2 Å². The quantitative estimate of drug-likeness (QED) is 0.819. The Morgan fingerprint density at radius 3 is 2.32 bits per heavy atom. The van der Waals surface area contributed by atoms with Crippen LogP contribution in [0.1, 0.15) is 22.0 Å². The first kappa shape index (κ1) is 15.9. The molecule has 0 aliphatic rings. The van der Waals surface area contributed by atoms with Crippen molar-refractivity contribution in [3.8, 4) is 0 Å². The molecule has 0 radical (unpaired) electrons. The maximum Gasteiger partial charge on any atom is 0.416 e. The number of alkyl halides is 3. The summed E-state index contributed by atoms with van der Waals surface area (Å²) in [6.45, 7) is 0. The average Bonchev–Trinajstić information content (AvgIpc) is 2.80. The molecule has 7 heteroatoms. The summed E-state index contributed by atoms with van der Waals surface area (Å²) < 4.78 is 52.1. The Labute approximate surface area is 117 Å². The molecule has 0 saturated carbocycles. The van der Waals surface area contributed by atoms with Crippen LogP contribution in [0.15, 0.2) is 35.7 Å². The Morgan fingerprint density at radius 1 is 1.11 bits per heavy atom. The van der Waals surface area contributed by atoms with Crippen molar-refractivity contribution >= 4 is 23.7 Å². The minimum absolute atomic E-state index is 0. The Kier molecular flexibility index (Phi) is 4.95. The van der Waals surface area contributed by atoms with E-state index in [2.05, 4.69) is 0 Å². The first-order valence-electron chi connectivity index (χ1n) is 5.06. The van der Waals surface area contributed by atoms with Gasteiger partial charge >= 0.3 is 6.18 Å². The van der Waals surface area contributed by atoms with Crippen LogP contribution in [0.25, 0.3) is 0 Å². The molecule has 1 aromatic carbocycles. The van der Waals surface area contributed by atoms with Gasteiger partial charge in [-0.1, -0.05) is 12.1 Å². The second kappa shape index (κ2) is 5.90. The average molecular weight is 312 g/mol. The summed E-state index contributed by atoms with van der Waals surface area (Å²) in [5.41, 5.74) is 4.20. The standard InChI is InChI=1S/C12H9F4NS.ClH/c13-8-4-1-3-7(12(14,15)16)10(8)11(17)9-5-2-6-18-9;/h1-6,11H,17H2;1H/t11-;/m0./s1. The molecule has 2 N–H and O–H groups in total. The van der Waals surface area contributed by atoms with E-state index in [1.165, 1.54) is 11.3 Å². The summed E-state index contributed by atoms with van der Waals surface area (Å²) in [5, 5.41) is 1.68. The van der Waals surface area contributed by atoms with E-state index >= 15 is 0 Å². The van der Waals surface area contributed by atoms with Crippen LogP contribution < -0.4 is 5.73 Å². The molecule has 0 bridgehead atoms. The lowest BCUT2D eigenvalue weighted by atomic mass is 9.98. The van der Waals surface area contributed by atoms with Gasteiger partial charge < -0.3 is 5.73 Å². The summed E-state index contributed by atoms with van der Waals surface area (Å²) in [6, 6.07) is 4.99. The van der Waals surface area contributed by atoms with E-state index in [0.717, 1.165) is 18.2 Å². The number of hydrogen-bond acceptors (Lipinski definition) is 2. The van der Waals surface area contributed by atoms with Gasteiger partial charge in [0.25, 0.3) is 0 Å². The zero-order chi connectivity index (χ0) is 13.3. The third-order valence-electron chi connectivity index (χ3n) is 2.52. The number of halogens is 5. The van der Waals surface area contributed by atoms with Gasteiger partial charge in [-0.05, 0) is 23.6 Å². The summed E-state index contributed by atoms with van der Waals surface area (Å²) in [4.78, 5) is 0.491. The molecule has 0 saturated heterocycles. The highest BCUT2D eigenvalue weighted by Crippen LogP contribution is 2.37. The maximum atomic E-state index is 13.6. The van der Waals surface area contributed by atoms with Crippen molar-refractivity contribution in [1.29, 1.82) is 0 Å². The fourth-order valence-electron chi connectivity index (χ4n) is 1.71. The number of rotatable bonds is 2. The maximum absolute atomic E-state index is 13.6. The Balaban J connectivity index is 0.00000180. The normalized spacial score (nSPS) is 12.9. The van der Waals surface area contributed by atoms with Crippen LogP contribution in [0, 0.1) is 5.82 Å². The molecule has 0 aliphatic heterocycles. The molecule has 0 spiro atoms. The highest BCUT2D eigenvalue weighted by molar-refractivity contribution is 7.10. The van der Waals surface area contributed by atoms with Gasteiger partial charge in [-0.2, -0.15) is 13.2 Å². The number of benzene rings is 1. The number of hydrogen-bond donors (Lipinski definition) is 1. The van der Waals surface area contributed by atoms with Crippen LogP contribution in [0.2, 0.25) is 0 Å². The Bertz CT molecular complexity index is 539. The molecule has 0 fully saturated rings. The number of nitrogens with two attached hydrogens (primary N) is 1. The SMILES string of the molecule is Cl.N[C@@H](c1cccs1)c1c(F)cccc1C(F)(F)F. The first-order valence-corrected chi connectivity index (χ1v) is 5.94. The van der Waals surface area contributed by atoms with Crippen molar-refractivity contribution in [1.82, 2.24) is 0 Å². The predicted octanol–water partition coefficient (Wildman–Crippen LogP) is 4.38. The second-order valence-electron chi connectivity index (χ2n) is 3.69. The molecule has 1 aromatic heterocycles. The molecule has 2 rings (SSSR count). The van der Waals surface area contributed by atoms with Gasteiger partial charge in [-0.15, -0.1) is 23.7 Å². The summed E-state index contributed by atoms with van der Waals surface area (Å²) >= 11 is 1.19. The van der Waals surface area contributed by atoms with Crippen LogP contribution >= 0.6 is 23.7 Å². The summed E-state index contributed by atoms with van der Waals surface area (Å²) in [6.07, 6.45) is -4.62. The van der Waals surface area contributed by atoms with E-state index in [-0.39, 0.29) is 12.4 Å². The molecule has 1 atom stereocenters. The zero-order valence-electron chi connectivity index (χ0n) is 9.45. The molecule has 0 aliphatic carbocycles. The second-order valence-corrected chi connectivity index (χ2v) is 4.67. The van der Waals surface area contributed by atoms with Crippen molar-refractivity contribution in [3.05, 3.63) is 57.5 Å². The van der Waals surface area contributed by atoms with Crippen molar-refractivity contribution in [2.75, 3.05) is 0 Å². The first-order chi connectivity index (χ1) is 8.41. The fraction of sp³-hybridized carbons (Fsp3) is 0.167. The highest BCUT2D eigenvalue weighted by Gasteiger charge is 2.36. The van der Waals surface area contributed by atoms with Gasteiger partial charge in [0.15, 0.2) is 0 Å². The van der Waals surface area contributed by atoms with E-state index in [4.69, 9.17) is 5.73 Å². The smallest absolute Gasteiger partial charge is 0.320 e. The minimum Gasteiger partial charge on any atom is -0.320 e.